The number of carbonyl (C=O) groups is 2. The third kappa shape index (κ3) is 4.55. The molecule has 1 aromatic heterocycles. The lowest BCUT2D eigenvalue weighted by Crippen LogP contribution is -2.17. The molecule has 0 radical (unpaired) electrons. The number of halogens is 1. The average molecular weight is 483 g/mol. The summed E-state index contributed by atoms with van der Waals surface area (Å²) in [6, 6.07) is 21.8. The highest BCUT2D eigenvalue weighted by molar-refractivity contribution is 6.34. The second kappa shape index (κ2) is 9.35. The van der Waals surface area contributed by atoms with Crippen molar-refractivity contribution in [3.05, 3.63) is 106 Å². The quantitative estimate of drug-likeness (QED) is 0.329. The van der Waals surface area contributed by atoms with E-state index < -0.39 is 5.97 Å². The van der Waals surface area contributed by atoms with Crippen LogP contribution in [0.15, 0.2) is 72.8 Å². The van der Waals surface area contributed by atoms with Crippen molar-refractivity contribution in [1.29, 1.82) is 0 Å². The highest BCUT2D eigenvalue weighted by Gasteiger charge is 2.27. The van der Waals surface area contributed by atoms with Crippen LogP contribution in [0.4, 0.5) is 5.69 Å². The van der Waals surface area contributed by atoms with E-state index in [4.69, 9.17) is 16.6 Å². The SMILES string of the molecule is CC1CC(=Cc2cccc(NC(=O)c3ccccc3Cl)c2)c2nc3ccccc3c(C(=O)O)c2C1. The van der Waals surface area contributed by atoms with Crippen LogP contribution in [-0.4, -0.2) is 22.0 Å². The summed E-state index contributed by atoms with van der Waals surface area (Å²) < 4.78 is 0. The van der Waals surface area contributed by atoms with Gasteiger partial charge in [-0.1, -0.05) is 61.0 Å². The summed E-state index contributed by atoms with van der Waals surface area (Å²) in [5.41, 5.74) is 5.46. The van der Waals surface area contributed by atoms with E-state index in [0.717, 1.165) is 28.8 Å². The first-order chi connectivity index (χ1) is 16.9. The van der Waals surface area contributed by atoms with Crippen molar-refractivity contribution >= 4 is 51.7 Å². The first-order valence-electron chi connectivity index (χ1n) is 11.4. The molecule has 0 aliphatic heterocycles. The summed E-state index contributed by atoms with van der Waals surface area (Å²) in [6.45, 7) is 2.12. The first kappa shape index (κ1) is 22.8. The molecule has 0 bridgehead atoms. The average Bonchev–Trinajstić information content (AvgIpc) is 2.83. The lowest BCUT2D eigenvalue weighted by molar-refractivity contribution is 0.0697. The summed E-state index contributed by atoms with van der Waals surface area (Å²) in [4.78, 5) is 29.8. The van der Waals surface area contributed by atoms with Gasteiger partial charge in [-0.05, 0) is 71.9 Å². The summed E-state index contributed by atoms with van der Waals surface area (Å²) >= 11 is 6.16. The van der Waals surface area contributed by atoms with E-state index in [1.54, 1.807) is 24.3 Å². The maximum absolute atomic E-state index is 12.7. The van der Waals surface area contributed by atoms with Crippen LogP contribution in [0, 0.1) is 5.92 Å². The Morgan fingerprint density at radius 3 is 2.60 bits per heavy atom. The zero-order valence-electron chi connectivity index (χ0n) is 19.1. The number of hydrogen-bond acceptors (Lipinski definition) is 3. The van der Waals surface area contributed by atoms with E-state index in [1.807, 2.05) is 54.6 Å². The number of aromatic nitrogens is 1. The number of para-hydroxylation sites is 1. The van der Waals surface area contributed by atoms with E-state index in [2.05, 4.69) is 12.2 Å². The van der Waals surface area contributed by atoms with Gasteiger partial charge < -0.3 is 10.4 Å². The van der Waals surface area contributed by atoms with Gasteiger partial charge in [0.2, 0.25) is 0 Å². The Morgan fingerprint density at radius 1 is 1.03 bits per heavy atom. The third-order valence-corrected chi connectivity index (χ3v) is 6.57. The fourth-order valence-corrected chi connectivity index (χ4v) is 4.95. The van der Waals surface area contributed by atoms with Crippen LogP contribution in [0.2, 0.25) is 5.02 Å². The second-order valence-electron chi connectivity index (χ2n) is 8.88. The highest BCUT2D eigenvalue weighted by Crippen LogP contribution is 2.38. The van der Waals surface area contributed by atoms with Gasteiger partial charge in [0.25, 0.3) is 5.91 Å². The van der Waals surface area contributed by atoms with Crippen LogP contribution >= 0.6 is 11.6 Å². The molecule has 1 amide bonds. The Balaban J connectivity index is 1.54. The predicted octanol–water partition coefficient (Wildman–Crippen LogP) is 6.96. The van der Waals surface area contributed by atoms with Crippen LogP contribution in [0.5, 0.6) is 0 Å². The molecule has 1 atom stereocenters. The molecule has 174 valence electrons. The topological polar surface area (TPSA) is 79.3 Å². The Morgan fingerprint density at radius 2 is 1.80 bits per heavy atom. The maximum Gasteiger partial charge on any atom is 0.336 e. The molecule has 1 unspecified atom stereocenters. The van der Waals surface area contributed by atoms with Crippen molar-refractivity contribution in [2.45, 2.75) is 19.8 Å². The number of carboxylic acids is 1. The minimum Gasteiger partial charge on any atom is -0.478 e. The molecule has 0 saturated heterocycles. The number of aromatic carboxylic acids is 1. The van der Waals surface area contributed by atoms with Gasteiger partial charge in [0.05, 0.1) is 27.4 Å². The largest absolute Gasteiger partial charge is 0.478 e. The highest BCUT2D eigenvalue weighted by atomic mass is 35.5. The van der Waals surface area contributed by atoms with E-state index in [1.165, 1.54) is 0 Å². The number of fused-ring (bicyclic) bond motifs is 2. The zero-order valence-corrected chi connectivity index (χ0v) is 19.8. The van der Waals surface area contributed by atoms with E-state index in [-0.39, 0.29) is 11.8 Å². The van der Waals surface area contributed by atoms with Gasteiger partial charge in [-0.25, -0.2) is 9.78 Å². The fourth-order valence-electron chi connectivity index (χ4n) is 4.73. The molecule has 2 N–H and O–H groups in total. The molecule has 0 saturated carbocycles. The number of carbonyl (C=O) groups excluding carboxylic acids is 1. The van der Waals surface area contributed by atoms with Gasteiger partial charge in [0.1, 0.15) is 0 Å². The van der Waals surface area contributed by atoms with Crippen LogP contribution in [0.25, 0.3) is 22.6 Å². The Kier molecular flexibility index (Phi) is 6.10. The molecule has 5 nitrogen and oxygen atoms in total. The minimum absolute atomic E-state index is 0.276. The molecule has 5 rings (SSSR count). The summed E-state index contributed by atoms with van der Waals surface area (Å²) in [5.74, 6) is -0.938. The molecule has 35 heavy (non-hydrogen) atoms. The Labute approximate surface area is 208 Å². The first-order valence-corrected chi connectivity index (χ1v) is 11.8. The number of allylic oxidation sites excluding steroid dienone is 1. The number of amides is 1. The van der Waals surface area contributed by atoms with Crippen molar-refractivity contribution in [1.82, 2.24) is 4.98 Å². The lowest BCUT2D eigenvalue weighted by atomic mass is 9.80. The number of benzene rings is 3. The lowest BCUT2D eigenvalue weighted by Gasteiger charge is -2.26. The summed E-state index contributed by atoms with van der Waals surface area (Å²) in [6.07, 6.45) is 3.49. The molecular formula is C29H23ClN2O3. The van der Waals surface area contributed by atoms with Gasteiger partial charge in [-0.15, -0.1) is 0 Å². The predicted molar refractivity (Wildman–Crippen MR) is 140 cm³/mol. The van der Waals surface area contributed by atoms with E-state index in [9.17, 15) is 14.7 Å². The fraction of sp³-hybridized carbons (Fsp3) is 0.138. The molecule has 1 aliphatic carbocycles. The Hall–Kier alpha value is -3.96. The standard InChI is InChI=1S/C29H23ClN2O3/c1-17-13-19(27-23(14-17)26(29(34)35)22-10-3-5-12-25(22)32-27)15-18-7-6-8-20(16-18)31-28(33)21-9-2-4-11-24(21)30/h2-12,15-17H,13-14H2,1H3,(H,31,33)(H,34,35). The van der Waals surface area contributed by atoms with E-state index in [0.29, 0.717) is 39.2 Å². The van der Waals surface area contributed by atoms with Crippen LogP contribution < -0.4 is 5.32 Å². The van der Waals surface area contributed by atoms with Crippen LogP contribution in [0.3, 0.4) is 0 Å². The third-order valence-electron chi connectivity index (χ3n) is 6.24. The minimum atomic E-state index is -0.933. The number of nitrogens with one attached hydrogen (secondary N) is 1. The normalized spacial score (nSPS) is 16.2. The number of carboxylic acid groups (broad SMARTS) is 1. The van der Waals surface area contributed by atoms with Gasteiger partial charge >= 0.3 is 5.97 Å². The number of pyridine rings is 1. The van der Waals surface area contributed by atoms with Crippen molar-refractivity contribution < 1.29 is 14.7 Å². The molecule has 4 aromatic rings. The number of anilines is 1. The number of hydrogen-bond donors (Lipinski definition) is 2. The van der Waals surface area contributed by atoms with E-state index >= 15 is 0 Å². The van der Waals surface area contributed by atoms with Gasteiger partial charge in [0, 0.05) is 11.1 Å². The van der Waals surface area contributed by atoms with Gasteiger partial charge in [-0.3, -0.25) is 4.79 Å². The second-order valence-corrected chi connectivity index (χ2v) is 9.29. The van der Waals surface area contributed by atoms with Crippen molar-refractivity contribution in [3.8, 4) is 0 Å². The zero-order chi connectivity index (χ0) is 24.5. The monoisotopic (exact) mass is 482 g/mol. The molecule has 0 fully saturated rings. The van der Waals surface area contributed by atoms with Crippen LogP contribution in [0.1, 0.15) is 50.9 Å². The summed E-state index contributed by atoms with van der Waals surface area (Å²) in [5, 5.41) is 14.0. The van der Waals surface area contributed by atoms with Crippen molar-refractivity contribution in [3.63, 3.8) is 0 Å². The molecule has 6 heteroatoms. The van der Waals surface area contributed by atoms with Gasteiger partial charge in [-0.2, -0.15) is 0 Å². The Bertz CT molecular complexity index is 1510. The summed E-state index contributed by atoms with van der Waals surface area (Å²) in [7, 11) is 0. The van der Waals surface area contributed by atoms with Gasteiger partial charge in [0.15, 0.2) is 0 Å². The number of rotatable bonds is 4. The molecular weight excluding hydrogens is 460 g/mol. The van der Waals surface area contributed by atoms with Crippen molar-refractivity contribution in [2.75, 3.05) is 5.32 Å². The molecule has 0 spiro atoms. The molecule has 1 aliphatic rings. The smallest absolute Gasteiger partial charge is 0.336 e. The van der Waals surface area contributed by atoms with Crippen LogP contribution in [-0.2, 0) is 6.42 Å². The van der Waals surface area contributed by atoms with Crippen molar-refractivity contribution in [2.24, 2.45) is 5.92 Å². The molecule has 1 heterocycles. The molecule has 3 aromatic carbocycles. The number of nitrogens with zero attached hydrogens (tertiary/aromatic N) is 1. The maximum atomic E-state index is 12.7.